The number of carbonyl (C=O) groups excluding carboxylic acids is 1. The molecule has 0 aliphatic carbocycles. The van der Waals surface area contributed by atoms with E-state index < -0.39 is 13.0 Å². The first-order chi connectivity index (χ1) is 7.02. The number of aromatic nitrogens is 1. The van der Waals surface area contributed by atoms with Gasteiger partial charge in [0.2, 0.25) is 0 Å². The first-order valence-electron chi connectivity index (χ1n) is 4.47. The van der Waals surface area contributed by atoms with Gasteiger partial charge in [0, 0.05) is 13.2 Å². The minimum Gasteiger partial charge on any atom is -0.353 e. The molecule has 5 heteroatoms. The topological polar surface area (TPSA) is 33.2 Å². The molecule has 15 heavy (non-hydrogen) atoms. The van der Waals surface area contributed by atoms with Crippen molar-refractivity contribution in [2.75, 3.05) is 18.5 Å². The van der Waals surface area contributed by atoms with E-state index in [-0.39, 0.29) is 5.78 Å². The largest absolute Gasteiger partial charge is 0.353 e. The van der Waals surface area contributed by atoms with Gasteiger partial charge in [-0.15, -0.1) is 0 Å². The average molecular weight is 214 g/mol. The van der Waals surface area contributed by atoms with E-state index in [9.17, 15) is 13.6 Å². The standard InChI is InChI=1S/C10H12F2N2O/c1-7(15)8-4-3-5-13-10(8)14(2)6-9(11)12/h3-5,9H,6H2,1-2H3. The van der Waals surface area contributed by atoms with Crippen LogP contribution in [0.25, 0.3) is 0 Å². The number of hydrogen-bond acceptors (Lipinski definition) is 3. The molecule has 82 valence electrons. The first-order valence-corrected chi connectivity index (χ1v) is 4.47. The summed E-state index contributed by atoms with van der Waals surface area (Å²) in [6.07, 6.45) is -0.971. The highest BCUT2D eigenvalue weighted by molar-refractivity contribution is 5.98. The van der Waals surface area contributed by atoms with Crippen LogP contribution in [0.4, 0.5) is 14.6 Å². The smallest absolute Gasteiger partial charge is 0.255 e. The van der Waals surface area contributed by atoms with E-state index in [1.54, 1.807) is 12.1 Å². The molecular formula is C10H12F2N2O. The lowest BCUT2D eigenvalue weighted by atomic mass is 10.2. The van der Waals surface area contributed by atoms with Crippen molar-refractivity contribution >= 4 is 11.6 Å². The van der Waals surface area contributed by atoms with Crippen LogP contribution < -0.4 is 4.90 Å². The fourth-order valence-corrected chi connectivity index (χ4v) is 1.27. The molecule has 0 radical (unpaired) electrons. The second-order valence-corrected chi connectivity index (χ2v) is 3.20. The Labute approximate surface area is 86.7 Å². The quantitative estimate of drug-likeness (QED) is 0.718. The molecule has 0 bridgehead atoms. The van der Waals surface area contributed by atoms with Crippen LogP contribution in [0.15, 0.2) is 18.3 Å². The fraction of sp³-hybridized carbons (Fsp3) is 0.400. The summed E-state index contributed by atoms with van der Waals surface area (Å²) in [5.74, 6) is 0.115. The van der Waals surface area contributed by atoms with E-state index in [1.165, 1.54) is 25.1 Å². The van der Waals surface area contributed by atoms with Crippen LogP contribution in [0.2, 0.25) is 0 Å². The van der Waals surface area contributed by atoms with Crippen molar-refractivity contribution in [2.24, 2.45) is 0 Å². The van der Waals surface area contributed by atoms with Crippen molar-refractivity contribution in [3.63, 3.8) is 0 Å². The lowest BCUT2D eigenvalue weighted by Crippen LogP contribution is -2.26. The molecule has 0 saturated carbocycles. The third kappa shape index (κ3) is 2.97. The van der Waals surface area contributed by atoms with E-state index in [0.717, 1.165) is 0 Å². The van der Waals surface area contributed by atoms with Crippen LogP contribution in [0, 0.1) is 0 Å². The summed E-state index contributed by atoms with van der Waals surface area (Å²) < 4.78 is 24.3. The molecule has 0 fully saturated rings. The molecule has 0 amide bonds. The Kier molecular flexibility index (Phi) is 3.71. The van der Waals surface area contributed by atoms with Gasteiger partial charge in [-0.2, -0.15) is 0 Å². The summed E-state index contributed by atoms with van der Waals surface area (Å²) in [5.41, 5.74) is 0.362. The van der Waals surface area contributed by atoms with Gasteiger partial charge in [-0.3, -0.25) is 4.79 Å². The summed E-state index contributed by atoms with van der Waals surface area (Å²) in [6, 6.07) is 3.18. The number of carbonyl (C=O) groups is 1. The Morgan fingerprint density at radius 2 is 2.27 bits per heavy atom. The zero-order valence-electron chi connectivity index (χ0n) is 8.58. The summed E-state index contributed by atoms with van der Waals surface area (Å²) in [4.78, 5) is 16.4. The summed E-state index contributed by atoms with van der Waals surface area (Å²) in [7, 11) is 1.49. The zero-order valence-corrected chi connectivity index (χ0v) is 8.58. The Balaban J connectivity index is 2.97. The minimum atomic E-state index is -2.45. The maximum Gasteiger partial charge on any atom is 0.255 e. The minimum absolute atomic E-state index is 0.181. The second-order valence-electron chi connectivity index (χ2n) is 3.20. The van der Waals surface area contributed by atoms with E-state index >= 15 is 0 Å². The molecule has 0 aliphatic heterocycles. The van der Waals surface area contributed by atoms with E-state index in [2.05, 4.69) is 4.98 Å². The Bertz CT molecular complexity index is 355. The maximum atomic E-state index is 12.1. The van der Waals surface area contributed by atoms with Gasteiger partial charge in [0.25, 0.3) is 6.43 Å². The number of ketones is 1. The number of anilines is 1. The van der Waals surface area contributed by atoms with Crippen molar-refractivity contribution < 1.29 is 13.6 Å². The van der Waals surface area contributed by atoms with Gasteiger partial charge in [0.1, 0.15) is 5.82 Å². The number of alkyl halides is 2. The fourth-order valence-electron chi connectivity index (χ4n) is 1.27. The monoisotopic (exact) mass is 214 g/mol. The van der Waals surface area contributed by atoms with Crippen LogP contribution in [0.3, 0.4) is 0 Å². The predicted octanol–water partition coefficient (Wildman–Crippen LogP) is 1.99. The van der Waals surface area contributed by atoms with Gasteiger partial charge in [0.15, 0.2) is 5.78 Å². The first kappa shape index (κ1) is 11.6. The molecule has 0 aromatic carbocycles. The van der Waals surface area contributed by atoms with Gasteiger partial charge < -0.3 is 4.90 Å². The normalized spacial score (nSPS) is 10.5. The van der Waals surface area contributed by atoms with Crippen molar-refractivity contribution in [1.29, 1.82) is 0 Å². The van der Waals surface area contributed by atoms with Crippen LogP contribution >= 0.6 is 0 Å². The highest BCUT2D eigenvalue weighted by Gasteiger charge is 2.15. The highest BCUT2D eigenvalue weighted by Crippen LogP contribution is 2.16. The van der Waals surface area contributed by atoms with E-state index in [0.29, 0.717) is 11.4 Å². The summed E-state index contributed by atoms with van der Waals surface area (Å²) >= 11 is 0. The molecule has 1 aromatic rings. The molecule has 0 atom stereocenters. The van der Waals surface area contributed by atoms with Crippen molar-refractivity contribution in [2.45, 2.75) is 13.3 Å². The molecule has 0 saturated heterocycles. The second kappa shape index (κ2) is 4.82. The third-order valence-electron chi connectivity index (χ3n) is 1.94. The molecule has 3 nitrogen and oxygen atoms in total. The van der Waals surface area contributed by atoms with Gasteiger partial charge >= 0.3 is 0 Å². The van der Waals surface area contributed by atoms with Gasteiger partial charge in [-0.25, -0.2) is 13.8 Å². The summed E-state index contributed by atoms with van der Waals surface area (Å²) in [6.45, 7) is 0.952. The zero-order chi connectivity index (χ0) is 11.4. The Morgan fingerprint density at radius 3 is 2.80 bits per heavy atom. The van der Waals surface area contributed by atoms with Crippen LogP contribution in [-0.4, -0.2) is 30.8 Å². The van der Waals surface area contributed by atoms with E-state index in [1.807, 2.05) is 0 Å². The number of Topliss-reactive ketones (excluding diaryl/α,β-unsaturated/α-hetero) is 1. The summed E-state index contributed by atoms with van der Waals surface area (Å²) in [5, 5.41) is 0. The van der Waals surface area contributed by atoms with E-state index in [4.69, 9.17) is 0 Å². The lowest BCUT2D eigenvalue weighted by Gasteiger charge is -2.19. The lowest BCUT2D eigenvalue weighted by molar-refractivity contribution is 0.101. The van der Waals surface area contributed by atoms with Crippen molar-refractivity contribution in [1.82, 2.24) is 4.98 Å². The Morgan fingerprint density at radius 1 is 1.60 bits per heavy atom. The SMILES string of the molecule is CC(=O)c1cccnc1N(C)CC(F)F. The molecule has 1 heterocycles. The van der Waals surface area contributed by atoms with Crippen LogP contribution in [0.5, 0.6) is 0 Å². The predicted molar refractivity (Wildman–Crippen MR) is 53.5 cm³/mol. The van der Waals surface area contributed by atoms with Crippen molar-refractivity contribution in [3.05, 3.63) is 23.9 Å². The third-order valence-corrected chi connectivity index (χ3v) is 1.94. The molecule has 1 aromatic heterocycles. The van der Waals surface area contributed by atoms with Gasteiger partial charge in [0.05, 0.1) is 12.1 Å². The van der Waals surface area contributed by atoms with Gasteiger partial charge in [-0.1, -0.05) is 0 Å². The van der Waals surface area contributed by atoms with Crippen LogP contribution in [0.1, 0.15) is 17.3 Å². The molecular weight excluding hydrogens is 202 g/mol. The number of pyridine rings is 1. The number of nitrogens with zero attached hydrogens (tertiary/aromatic N) is 2. The average Bonchev–Trinajstić information content (AvgIpc) is 2.16. The van der Waals surface area contributed by atoms with Gasteiger partial charge in [-0.05, 0) is 19.1 Å². The molecule has 0 aliphatic rings. The van der Waals surface area contributed by atoms with Crippen molar-refractivity contribution in [3.8, 4) is 0 Å². The molecule has 0 unspecified atom stereocenters. The number of rotatable bonds is 4. The Hall–Kier alpha value is -1.52. The molecule has 0 spiro atoms. The van der Waals surface area contributed by atoms with Crippen LogP contribution in [-0.2, 0) is 0 Å². The number of hydrogen-bond donors (Lipinski definition) is 0. The highest BCUT2D eigenvalue weighted by atomic mass is 19.3. The maximum absolute atomic E-state index is 12.1. The molecule has 1 rings (SSSR count). The number of halogens is 2. The molecule has 0 N–H and O–H groups in total.